The molecule has 0 radical (unpaired) electrons. The Labute approximate surface area is 112 Å². The summed E-state index contributed by atoms with van der Waals surface area (Å²) in [4.78, 5) is 10.5. The van der Waals surface area contributed by atoms with Gasteiger partial charge in [-0.15, -0.1) is 0 Å². The minimum atomic E-state index is -0.445. The molecule has 0 fully saturated rings. The van der Waals surface area contributed by atoms with Crippen molar-refractivity contribution < 1.29 is 14.4 Å². The van der Waals surface area contributed by atoms with E-state index < -0.39 is 4.92 Å². The number of methoxy groups -OCH3 is 1. The normalized spacial score (nSPS) is 10.0. The van der Waals surface area contributed by atoms with Gasteiger partial charge >= 0.3 is 0 Å². The van der Waals surface area contributed by atoms with Gasteiger partial charge in [0.25, 0.3) is 5.69 Å². The van der Waals surface area contributed by atoms with Crippen LogP contribution in [0.1, 0.15) is 6.92 Å². The number of anilines is 1. The van der Waals surface area contributed by atoms with Gasteiger partial charge in [0.2, 0.25) is 0 Å². The lowest BCUT2D eigenvalue weighted by Crippen LogP contribution is -2.11. The molecule has 0 unspecified atom stereocenters. The van der Waals surface area contributed by atoms with Crippen molar-refractivity contribution in [3.8, 4) is 5.75 Å². The van der Waals surface area contributed by atoms with Crippen molar-refractivity contribution in [2.45, 2.75) is 6.92 Å². The van der Waals surface area contributed by atoms with E-state index in [2.05, 4.69) is 11.9 Å². The lowest BCUT2D eigenvalue weighted by molar-refractivity contribution is -0.384. The van der Waals surface area contributed by atoms with Gasteiger partial charge in [0.1, 0.15) is 11.4 Å². The van der Waals surface area contributed by atoms with Crippen LogP contribution in [0.4, 0.5) is 11.4 Å². The summed E-state index contributed by atoms with van der Waals surface area (Å²) in [6.45, 7) is 7.03. The third-order valence-corrected chi connectivity index (χ3v) is 2.31. The van der Waals surface area contributed by atoms with Gasteiger partial charge in [-0.05, 0) is 19.1 Å². The highest BCUT2D eigenvalue weighted by Crippen LogP contribution is 2.28. The molecule has 0 bridgehead atoms. The summed E-state index contributed by atoms with van der Waals surface area (Å²) >= 11 is 0. The number of nitrogens with one attached hydrogen (secondary N) is 1. The first-order chi connectivity index (χ1) is 9.04. The number of nitrogens with zero attached hydrogens (tertiary/aromatic N) is 1. The summed E-state index contributed by atoms with van der Waals surface area (Å²) < 4.78 is 10.3. The highest BCUT2D eigenvalue weighted by molar-refractivity contribution is 5.63. The molecule has 104 valence electrons. The summed E-state index contributed by atoms with van der Waals surface area (Å²) in [6.07, 6.45) is 0. The maximum atomic E-state index is 10.9. The second-order valence-electron chi connectivity index (χ2n) is 4.08. The Morgan fingerprint density at radius 1 is 1.53 bits per heavy atom. The van der Waals surface area contributed by atoms with Crippen molar-refractivity contribution in [3.63, 3.8) is 0 Å². The molecule has 0 heterocycles. The molecule has 1 rings (SSSR count). The minimum Gasteiger partial charge on any atom is -0.496 e. The molecule has 19 heavy (non-hydrogen) atoms. The maximum Gasteiger partial charge on any atom is 0.296 e. The number of benzene rings is 1. The number of hydrogen-bond acceptors (Lipinski definition) is 5. The van der Waals surface area contributed by atoms with Crippen LogP contribution in [0.25, 0.3) is 0 Å². The third kappa shape index (κ3) is 4.97. The molecule has 0 aliphatic heterocycles. The quantitative estimate of drug-likeness (QED) is 0.339. The number of nitro groups is 1. The number of hydrogen-bond donors (Lipinski definition) is 1. The molecule has 0 spiro atoms. The van der Waals surface area contributed by atoms with E-state index in [0.29, 0.717) is 31.2 Å². The van der Waals surface area contributed by atoms with Crippen LogP contribution in [0.2, 0.25) is 0 Å². The van der Waals surface area contributed by atoms with Crippen LogP contribution in [0.5, 0.6) is 5.75 Å². The van der Waals surface area contributed by atoms with Crippen LogP contribution < -0.4 is 10.1 Å². The van der Waals surface area contributed by atoms with Crippen LogP contribution in [0, 0.1) is 10.1 Å². The monoisotopic (exact) mass is 266 g/mol. The van der Waals surface area contributed by atoms with E-state index >= 15 is 0 Å². The molecule has 0 aliphatic rings. The molecule has 0 amide bonds. The van der Waals surface area contributed by atoms with Crippen LogP contribution in [0.15, 0.2) is 30.4 Å². The van der Waals surface area contributed by atoms with Gasteiger partial charge in [-0.3, -0.25) is 10.1 Å². The van der Waals surface area contributed by atoms with Crippen LogP contribution >= 0.6 is 0 Å². The van der Waals surface area contributed by atoms with Gasteiger partial charge in [0.05, 0.1) is 31.3 Å². The standard InChI is InChI=1S/C13H18N2O4/c1-10(2)9-19-7-6-14-12-5-4-11(18-3)8-13(12)15(16)17/h4-5,8,14H,1,6-7,9H2,2-3H3. The first kappa shape index (κ1) is 15.0. The zero-order valence-corrected chi connectivity index (χ0v) is 11.1. The molecule has 1 aromatic carbocycles. The summed E-state index contributed by atoms with van der Waals surface area (Å²) in [5.41, 5.74) is 1.37. The summed E-state index contributed by atoms with van der Waals surface area (Å²) in [7, 11) is 1.47. The Morgan fingerprint density at radius 2 is 2.26 bits per heavy atom. The summed E-state index contributed by atoms with van der Waals surface area (Å²) in [6, 6.07) is 4.68. The predicted molar refractivity (Wildman–Crippen MR) is 73.8 cm³/mol. The first-order valence-electron chi connectivity index (χ1n) is 5.83. The topological polar surface area (TPSA) is 73.6 Å². The number of nitro benzene ring substituents is 1. The smallest absolute Gasteiger partial charge is 0.296 e. The fraction of sp³-hybridized carbons (Fsp3) is 0.385. The van der Waals surface area contributed by atoms with Crippen LogP contribution in [-0.4, -0.2) is 31.8 Å². The molecule has 6 nitrogen and oxygen atoms in total. The lowest BCUT2D eigenvalue weighted by atomic mass is 10.2. The van der Waals surface area contributed by atoms with Gasteiger partial charge in [-0.1, -0.05) is 12.2 Å². The maximum absolute atomic E-state index is 10.9. The van der Waals surface area contributed by atoms with Gasteiger partial charge < -0.3 is 14.8 Å². The van der Waals surface area contributed by atoms with E-state index in [0.717, 1.165) is 5.57 Å². The van der Waals surface area contributed by atoms with Crippen molar-refractivity contribution in [1.82, 2.24) is 0 Å². The summed E-state index contributed by atoms with van der Waals surface area (Å²) in [5.74, 6) is 0.454. The number of ether oxygens (including phenoxy) is 2. The average molecular weight is 266 g/mol. The lowest BCUT2D eigenvalue weighted by Gasteiger charge is -2.09. The molecule has 0 atom stereocenters. The molecule has 0 aliphatic carbocycles. The molecule has 0 saturated carbocycles. The average Bonchev–Trinajstić information content (AvgIpc) is 2.38. The van der Waals surface area contributed by atoms with Gasteiger partial charge in [-0.2, -0.15) is 0 Å². The third-order valence-electron chi connectivity index (χ3n) is 2.31. The van der Waals surface area contributed by atoms with Crippen LogP contribution in [-0.2, 0) is 4.74 Å². The van der Waals surface area contributed by atoms with Gasteiger partial charge in [0, 0.05) is 6.54 Å². The Kier molecular flexibility index (Phi) is 5.81. The van der Waals surface area contributed by atoms with Crippen molar-refractivity contribution in [2.75, 3.05) is 32.2 Å². The van der Waals surface area contributed by atoms with Crippen molar-refractivity contribution in [2.24, 2.45) is 0 Å². The molecule has 0 saturated heterocycles. The number of rotatable bonds is 8. The van der Waals surface area contributed by atoms with Crippen molar-refractivity contribution in [3.05, 3.63) is 40.5 Å². The molecule has 0 aromatic heterocycles. The highest BCUT2D eigenvalue weighted by atomic mass is 16.6. The van der Waals surface area contributed by atoms with Gasteiger partial charge in [0.15, 0.2) is 0 Å². The largest absolute Gasteiger partial charge is 0.496 e. The Bertz CT molecular complexity index is 460. The van der Waals surface area contributed by atoms with Gasteiger partial charge in [-0.25, -0.2) is 0 Å². The minimum absolute atomic E-state index is 0.0146. The molecule has 1 aromatic rings. The first-order valence-corrected chi connectivity index (χ1v) is 5.83. The summed E-state index contributed by atoms with van der Waals surface area (Å²) in [5, 5.41) is 13.9. The Hall–Kier alpha value is -2.08. The predicted octanol–water partition coefficient (Wildman–Crippen LogP) is 2.61. The van der Waals surface area contributed by atoms with Crippen LogP contribution in [0.3, 0.4) is 0 Å². The van der Waals surface area contributed by atoms with E-state index in [4.69, 9.17) is 9.47 Å². The fourth-order valence-corrected chi connectivity index (χ4v) is 1.44. The second kappa shape index (κ2) is 7.38. The zero-order valence-electron chi connectivity index (χ0n) is 11.1. The van der Waals surface area contributed by atoms with E-state index in [1.807, 2.05) is 6.92 Å². The molecular weight excluding hydrogens is 248 g/mol. The SMILES string of the molecule is C=C(C)COCCNc1ccc(OC)cc1[N+](=O)[O-]. The molecule has 6 heteroatoms. The van der Waals surface area contributed by atoms with E-state index in [-0.39, 0.29) is 5.69 Å². The Balaban J connectivity index is 2.57. The highest BCUT2D eigenvalue weighted by Gasteiger charge is 2.14. The Morgan fingerprint density at radius 3 is 2.84 bits per heavy atom. The zero-order chi connectivity index (χ0) is 14.3. The second-order valence-corrected chi connectivity index (χ2v) is 4.08. The van der Waals surface area contributed by atoms with E-state index in [9.17, 15) is 10.1 Å². The van der Waals surface area contributed by atoms with Crippen molar-refractivity contribution in [1.29, 1.82) is 0 Å². The molecule has 1 N–H and O–H groups in total. The fourth-order valence-electron chi connectivity index (χ4n) is 1.44. The molecular formula is C13H18N2O4. The van der Waals surface area contributed by atoms with Crippen molar-refractivity contribution >= 4 is 11.4 Å². The van der Waals surface area contributed by atoms with E-state index in [1.165, 1.54) is 13.2 Å². The van der Waals surface area contributed by atoms with E-state index in [1.54, 1.807) is 12.1 Å².